The molecule has 0 amide bonds. The van der Waals surface area contributed by atoms with E-state index < -0.39 is 34.9 Å². The van der Waals surface area contributed by atoms with Gasteiger partial charge < -0.3 is 0 Å². The molecule has 20 heavy (non-hydrogen) atoms. The van der Waals surface area contributed by atoms with Crippen molar-refractivity contribution < 1.29 is 17.6 Å². The molecule has 2 aromatic carbocycles. The van der Waals surface area contributed by atoms with Crippen LogP contribution in [-0.4, -0.2) is 0 Å². The van der Waals surface area contributed by atoms with Crippen molar-refractivity contribution in [3.05, 3.63) is 69.2 Å². The van der Waals surface area contributed by atoms with Gasteiger partial charge in [-0.3, -0.25) is 5.84 Å². The summed E-state index contributed by atoms with van der Waals surface area (Å²) in [6, 6.07) is 3.28. The minimum Gasteiger partial charge on any atom is -0.271 e. The number of hydrazine groups is 1. The number of rotatable bonds is 3. The summed E-state index contributed by atoms with van der Waals surface area (Å²) in [6.07, 6.45) is 0. The molecule has 0 aliphatic carbocycles. The second kappa shape index (κ2) is 5.90. The Morgan fingerprint density at radius 1 is 0.950 bits per heavy atom. The number of benzene rings is 2. The van der Waals surface area contributed by atoms with Crippen LogP contribution in [-0.2, 0) is 0 Å². The maximum atomic E-state index is 13.9. The Labute approximate surface area is 120 Å². The van der Waals surface area contributed by atoms with Crippen LogP contribution in [0.2, 0.25) is 0 Å². The van der Waals surface area contributed by atoms with Crippen LogP contribution >= 0.6 is 15.9 Å². The summed E-state index contributed by atoms with van der Waals surface area (Å²) in [4.78, 5) is 0. The molecular weight excluding hydrogens is 340 g/mol. The molecule has 3 N–H and O–H groups in total. The average molecular weight is 349 g/mol. The van der Waals surface area contributed by atoms with Crippen molar-refractivity contribution in [3.8, 4) is 0 Å². The van der Waals surface area contributed by atoms with Crippen molar-refractivity contribution in [1.29, 1.82) is 0 Å². The molecule has 2 aromatic rings. The van der Waals surface area contributed by atoms with Gasteiger partial charge in [0.05, 0.1) is 6.04 Å². The molecular formula is C13H9BrF4N2. The second-order valence-electron chi connectivity index (χ2n) is 4.05. The van der Waals surface area contributed by atoms with Gasteiger partial charge in [0.15, 0.2) is 0 Å². The average Bonchev–Trinajstić information content (AvgIpc) is 2.37. The molecule has 0 saturated carbocycles. The highest BCUT2D eigenvalue weighted by Crippen LogP contribution is 2.30. The van der Waals surface area contributed by atoms with Gasteiger partial charge in [-0.05, 0) is 30.3 Å². The first-order valence-electron chi connectivity index (χ1n) is 5.49. The van der Waals surface area contributed by atoms with Gasteiger partial charge in [0, 0.05) is 15.6 Å². The maximum absolute atomic E-state index is 13.9. The van der Waals surface area contributed by atoms with Crippen LogP contribution in [0.25, 0.3) is 0 Å². The molecule has 0 aromatic heterocycles. The smallest absolute Gasteiger partial charge is 0.132 e. The Kier molecular flexibility index (Phi) is 4.42. The lowest BCUT2D eigenvalue weighted by Crippen LogP contribution is -2.31. The fraction of sp³-hybridized carbons (Fsp3) is 0.0769. The van der Waals surface area contributed by atoms with E-state index in [-0.39, 0.29) is 10.0 Å². The molecule has 0 aliphatic heterocycles. The molecule has 2 rings (SSSR count). The Bertz CT molecular complexity index is 625. The molecule has 0 fully saturated rings. The zero-order valence-electron chi connectivity index (χ0n) is 9.93. The summed E-state index contributed by atoms with van der Waals surface area (Å²) >= 11 is 2.93. The van der Waals surface area contributed by atoms with E-state index >= 15 is 0 Å². The minimum atomic E-state index is -1.35. The third-order valence-electron chi connectivity index (χ3n) is 2.77. The summed E-state index contributed by atoms with van der Waals surface area (Å²) in [6.45, 7) is 0. The first-order valence-corrected chi connectivity index (χ1v) is 6.29. The maximum Gasteiger partial charge on any atom is 0.132 e. The lowest BCUT2D eigenvalue weighted by molar-refractivity contribution is 0.491. The Balaban J connectivity index is 2.61. The Morgan fingerprint density at radius 3 is 2.10 bits per heavy atom. The number of halogens is 5. The quantitative estimate of drug-likeness (QED) is 0.505. The van der Waals surface area contributed by atoms with Crippen LogP contribution in [0.3, 0.4) is 0 Å². The number of hydrogen-bond donors (Lipinski definition) is 2. The predicted octanol–water partition coefficient (Wildman–Crippen LogP) is 3.56. The topological polar surface area (TPSA) is 38.0 Å². The first-order chi connectivity index (χ1) is 9.43. The van der Waals surface area contributed by atoms with E-state index in [9.17, 15) is 17.6 Å². The summed E-state index contributed by atoms with van der Waals surface area (Å²) in [5.41, 5.74) is 1.33. The third-order valence-corrected chi connectivity index (χ3v) is 3.23. The number of nitrogens with two attached hydrogens (primary N) is 1. The van der Waals surface area contributed by atoms with Crippen molar-refractivity contribution in [2.75, 3.05) is 0 Å². The summed E-state index contributed by atoms with van der Waals surface area (Å²) in [5.74, 6) is 1.83. The summed E-state index contributed by atoms with van der Waals surface area (Å²) in [5, 5.41) is 0. The predicted molar refractivity (Wildman–Crippen MR) is 69.6 cm³/mol. The van der Waals surface area contributed by atoms with Crippen molar-refractivity contribution in [3.63, 3.8) is 0 Å². The first kappa shape index (κ1) is 15.0. The van der Waals surface area contributed by atoms with Gasteiger partial charge in [-0.25, -0.2) is 23.0 Å². The zero-order valence-corrected chi connectivity index (χ0v) is 11.5. The molecule has 1 unspecified atom stereocenters. The van der Waals surface area contributed by atoms with Crippen molar-refractivity contribution in [2.24, 2.45) is 5.84 Å². The number of hydrogen-bond acceptors (Lipinski definition) is 2. The van der Waals surface area contributed by atoms with Crippen LogP contribution in [0, 0.1) is 23.3 Å². The van der Waals surface area contributed by atoms with Crippen molar-refractivity contribution in [1.82, 2.24) is 5.43 Å². The molecule has 0 heterocycles. The zero-order chi connectivity index (χ0) is 14.9. The molecule has 0 saturated heterocycles. The van der Waals surface area contributed by atoms with Crippen LogP contribution in [0.4, 0.5) is 17.6 Å². The summed E-state index contributed by atoms with van der Waals surface area (Å²) in [7, 11) is 0. The molecule has 1 atom stereocenters. The molecule has 0 bridgehead atoms. The molecule has 0 aliphatic rings. The Morgan fingerprint density at radius 2 is 1.55 bits per heavy atom. The Hall–Kier alpha value is -1.44. The summed E-state index contributed by atoms with van der Waals surface area (Å²) < 4.78 is 54.9. The van der Waals surface area contributed by atoms with Gasteiger partial charge in [-0.1, -0.05) is 15.9 Å². The molecule has 2 nitrogen and oxygen atoms in total. The lowest BCUT2D eigenvalue weighted by atomic mass is 9.97. The lowest BCUT2D eigenvalue weighted by Gasteiger charge is -2.19. The highest BCUT2D eigenvalue weighted by Gasteiger charge is 2.24. The van der Waals surface area contributed by atoms with Gasteiger partial charge in [0.2, 0.25) is 0 Å². The second-order valence-corrected chi connectivity index (χ2v) is 4.96. The van der Waals surface area contributed by atoms with Crippen molar-refractivity contribution in [2.45, 2.75) is 6.04 Å². The monoisotopic (exact) mass is 348 g/mol. The van der Waals surface area contributed by atoms with Gasteiger partial charge in [-0.15, -0.1) is 0 Å². The molecule has 0 radical (unpaired) electrons. The van der Waals surface area contributed by atoms with Crippen LogP contribution in [0.5, 0.6) is 0 Å². The van der Waals surface area contributed by atoms with E-state index in [0.29, 0.717) is 0 Å². The SMILES string of the molecule is NNC(c1cc(F)ccc1F)c1c(F)cc(Br)cc1F. The van der Waals surface area contributed by atoms with Gasteiger partial charge in [0.1, 0.15) is 23.3 Å². The fourth-order valence-electron chi connectivity index (χ4n) is 1.89. The van der Waals surface area contributed by atoms with Crippen LogP contribution in [0.15, 0.2) is 34.8 Å². The van der Waals surface area contributed by atoms with E-state index in [1.807, 2.05) is 0 Å². The fourth-order valence-corrected chi connectivity index (χ4v) is 2.30. The molecule has 0 spiro atoms. The van der Waals surface area contributed by atoms with E-state index in [4.69, 9.17) is 5.84 Å². The largest absolute Gasteiger partial charge is 0.271 e. The van der Waals surface area contributed by atoms with E-state index in [0.717, 1.165) is 30.3 Å². The van der Waals surface area contributed by atoms with Crippen molar-refractivity contribution >= 4 is 15.9 Å². The van der Waals surface area contributed by atoms with Gasteiger partial charge in [-0.2, -0.15) is 0 Å². The highest BCUT2D eigenvalue weighted by molar-refractivity contribution is 9.10. The van der Waals surface area contributed by atoms with E-state index in [2.05, 4.69) is 21.4 Å². The van der Waals surface area contributed by atoms with E-state index in [1.165, 1.54) is 0 Å². The van der Waals surface area contributed by atoms with Gasteiger partial charge >= 0.3 is 0 Å². The minimum absolute atomic E-state index is 0.187. The molecule has 106 valence electrons. The normalized spacial score (nSPS) is 12.5. The standard InChI is InChI=1S/C13H9BrF4N2/c14-6-3-10(17)12(11(18)4-6)13(20-19)8-5-7(15)1-2-9(8)16/h1-5,13,20H,19H2. The molecule has 7 heteroatoms. The van der Waals surface area contributed by atoms with Crippen LogP contribution in [0.1, 0.15) is 17.2 Å². The third kappa shape index (κ3) is 2.84. The van der Waals surface area contributed by atoms with Crippen LogP contribution < -0.4 is 11.3 Å². The van der Waals surface area contributed by atoms with Gasteiger partial charge in [0.25, 0.3) is 0 Å². The number of nitrogens with one attached hydrogen (secondary N) is 1. The highest BCUT2D eigenvalue weighted by atomic mass is 79.9. The van der Waals surface area contributed by atoms with E-state index in [1.54, 1.807) is 0 Å².